The molecule has 6 heteroatoms. The first-order chi connectivity index (χ1) is 14.6. The molecule has 1 heterocycles. The van der Waals surface area contributed by atoms with Gasteiger partial charge >= 0.3 is 0 Å². The highest BCUT2D eigenvalue weighted by Gasteiger charge is 2.17. The van der Waals surface area contributed by atoms with Gasteiger partial charge in [0.25, 0.3) is 0 Å². The number of hydrogen-bond donors (Lipinski definition) is 1. The number of carbonyl (C=O) groups excluding carboxylic acids is 1. The molecule has 5 nitrogen and oxygen atoms in total. The number of amides is 1. The van der Waals surface area contributed by atoms with Crippen molar-refractivity contribution in [1.82, 2.24) is 15.1 Å². The van der Waals surface area contributed by atoms with Gasteiger partial charge in [0.2, 0.25) is 11.3 Å². The number of para-hydroxylation sites is 1. The van der Waals surface area contributed by atoms with E-state index in [1.54, 1.807) is 10.7 Å². The van der Waals surface area contributed by atoms with E-state index in [9.17, 15) is 9.59 Å². The normalized spacial score (nSPS) is 11.9. The lowest BCUT2D eigenvalue weighted by Gasteiger charge is -2.20. The van der Waals surface area contributed by atoms with E-state index in [1.807, 2.05) is 72.8 Å². The summed E-state index contributed by atoms with van der Waals surface area (Å²) in [6.45, 7) is 0.383. The van der Waals surface area contributed by atoms with Gasteiger partial charge in [-0.2, -0.15) is 5.10 Å². The van der Waals surface area contributed by atoms with Crippen LogP contribution in [0.2, 0.25) is 0 Å². The summed E-state index contributed by atoms with van der Waals surface area (Å²) in [6.07, 6.45) is 1.55. The van der Waals surface area contributed by atoms with Crippen LogP contribution in [0, 0.1) is 0 Å². The summed E-state index contributed by atoms with van der Waals surface area (Å²) in [4.78, 5) is 24.8. The first-order valence-electron chi connectivity index (χ1n) is 9.66. The Hall–Kier alpha value is -3.25. The molecule has 4 aromatic rings. The van der Waals surface area contributed by atoms with Crippen molar-refractivity contribution in [3.05, 3.63) is 111 Å². The Balaban J connectivity index is 1.53. The molecular weight excluding hydrogens is 442 g/mol. The summed E-state index contributed by atoms with van der Waals surface area (Å²) in [6, 6.07) is 24.9. The second-order valence-corrected chi connectivity index (χ2v) is 7.88. The lowest BCUT2D eigenvalue weighted by molar-refractivity contribution is -0.121. The number of fused-ring (bicyclic) bond motifs is 1. The molecule has 4 rings (SSSR count). The maximum Gasteiger partial charge on any atom is 0.222 e. The Morgan fingerprint density at radius 2 is 1.60 bits per heavy atom. The Bertz CT molecular complexity index is 1220. The van der Waals surface area contributed by atoms with Crippen LogP contribution >= 0.6 is 15.9 Å². The quantitative estimate of drug-likeness (QED) is 0.461. The van der Waals surface area contributed by atoms with Crippen LogP contribution in [0.1, 0.15) is 23.6 Å². The molecular formula is C24H20BrN3O2. The lowest BCUT2D eigenvalue weighted by Crippen LogP contribution is -2.30. The topological polar surface area (TPSA) is 64.0 Å². The molecule has 3 aromatic carbocycles. The molecule has 0 saturated heterocycles. The van der Waals surface area contributed by atoms with E-state index in [0.717, 1.165) is 21.1 Å². The summed E-state index contributed by atoms with van der Waals surface area (Å²) in [5, 5.41) is 7.95. The fourth-order valence-corrected chi connectivity index (χ4v) is 3.70. The van der Waals surface area contributed by atoms with E-state index in [4.69, 9.17) is 0 Å². The maximum atomic E-state index is 12.8. The van der Waals surface area contributed by atoms with Crippen LogP contribution in [0.4, 0.5) is 0 Å². The third kappa shape index (κ3) is 4.49. The number of carbonyl (C=O) groups is 1. The molecule has 1 aromatic heterocycles. The average Bonchev–Trinajstić information content (AvgIpc) is 2.78. The van der Waals surface area contributed by atoms with Gasteiger partial charge in [-0.3, -0.25) is 14.3 Å². The molecule has 0 radical (unpaired) electrons. The number of rotatable bonds is 6. The minimum Gasteiger partial charge on any atom is -0.345 e. The number of halogens is 1. The van der Waals surface area contributed by atoms with Crippen LogP contribution in [0.3, 0.4) is 0 Å². The summed E-state index contributed by atoms with van der Waals surface area (Å²) in [7, 11) is 0. The molecule has 1 N–H and O–H groups in total. The molecule has 0 aliphatic carbocycles. The van der Waals surface area contributed by atoms with Crippen LogP contribution in [-0.4, -0.2) is 15.7 Å². The highest BCUT2D eigenvalue weighted by molar-refractivity contribution is 9.10. The fourth-order valence-electron chi connectivity index (χ4n) is 3.44. The number of nitrogens with one attached hydrogen (secondary N) is 1. The second kappa shape index (κ2) is 9.05. The predicted octanol–water partition coefficient (Wildman–Crippen LogP) is 4.45. The minimum absolute atomic E-state index is 0.0867. The van der Waals surface area contributed by atoms with Crippen molar-refractivity contribution < 1.29 is 4.79 Å². The average molecular weight is 462 g/mol. The Labute approximate surface area is 182 Å². The van der Waals surface area contributed by atoms with Gasteiger partial charge in [0.05, 0.1) is 24.3 Å². The summed E-state index contributed by atoms with van der Waals surface area (Å²) >= 11 is 3.46. The van der Waals surface area contributed by atoms with Gasteiger partial charge < -0.3 is 5.32 Å². The Kier molecular flexibility index (Phi) is 6.05. The van der Waals surface area contributed by atoms with Gasteiger partial charge in [-0.25, -0.2) is 0 Å². The Morgan fingerprint density at radius 1 is 0.933 bits per heavy atom. The van der Waals surface area contributed by atoms with Crippen molar-refractivity contribution in [2.45, 2.75) is 19.0 Å². The standard InChI is InChI=1S/C24H20BrN3O2/c25-19-12-10-18(11-13-19)24(17-6-2-1-3-7-17)27-23(30)14-15-28-21-9-5-4-8-20(21)22(29)16-26-28/h1-13,16,24H,14-15H2,(H,27,30)/t24-/m0/s1. The largest absolute Gasteiger partial charge is 0.345 e. The van der Waals surface area contributed by atoms with E-state index >= 15 is 0 Å². The van der Waals surface area contributed by atoms with Gasteiger partial charge in [0, 0.05) is 16.3 Å². The molecule has 1 amide bonds. The summed E-state index contributed by atoms with van der Waals surface area (Å²) in [5.41, 5.74) is 2.63. The van der Waals surface area contributed by atoms with E-state index in [0.29, 0.717) is 11.9 Å². The van der Waals surface area contributed by atoms with E-state index in [1.165, 1.54) is 6.20 Å². The summed E-state index contributed by atoms with van der Waals surface area (Å²) < 4.78 is 2.69. The predicted molar refractivity (Wildman–Crippen MR) is 121 cm³/mol. The van der Waals surface area contributed by atoms with E-state index < -0.39 is 0 Å². The Morgan fingerprint density at radius 3 is 2.37 bits per heavy atom. The number of aryl methyl sites for hydroxylation is 1. The zero-order valence-corrected chi connectivity index (χ0v) is 17.7. The van der Waals surface area contributed by atoms with E-state index in [2.05, 4.69) is 26.3 Å². The van der Waals surface area contributed by atoms with Gasteiger partial charge in [0.15, 0.2) is 0 Å². The third-order valence-corrected chi connectivity index (χ3v) is 5.48. The zero-order valence-electron chi connectivity index (χ0n) is 16.2. The molecule has 150 valence electrons. The van der Waals surface area contributed by atoms with Crippen LogP contribution in [-0.2, 0) is 11.3 Å². The molecule has 0 bridgehead atoms. The van der Waals surface area contributed by atoms with Gasteiger partial charge in [0.1, 0.15) is 0 Å². The van der Waals surface area contributed by atoms with Crippen molar-refractivity contribution >= 4 is 32.7 Å². The molecule has 0 aliphatic heterocycles. The van der Waals surface area contributed by atoms with Crippen molar-refractivity contribution in [3.63, 3.8) is 0 Å². The third-order valence-electron chi connectivity index (χ3n) is 4.95. The molecule has 0 saturated carbocycles. The van der Waals surface area contributed by atoms with Crippen molar-refractivity contribution in [1.29, 1.82) is 0 Å². The molecule has 30 heavy (non-hydrogen) atoms. The second-order valence-electron chi connectivity index (χ2n) is 6.96. The molecule has 0 unspecified atom stereocenters. The smallest absolute Gasteiger partial charge is 0.222 e. The zero-order chi connectivity index (χ0) is 20.9. The van der Waals surface area contributed by atoms with Gasteiger partial charge in [-0.15, -0.1) is 0 Å². The highest BCUT2D eigenvalue weighted by Crippen LogP contribution is 2.24. The monoisotopic (exact) mass is 461 g/mol. The molecule has 0 spiro atoms. The maximum absolute atomic E-state index is 12.8. The lowest BCUT2D eigenvalue weighted by atomic mass is 9.98. The van der Waals surface area contributed by atoms with Crippen LogP contribution in [0.5, 0.6) is 0 Å². The highest BCUT2D eigenvalue weighted by atomic mass is 79.9. The van der Waals surface area contributed by atoms with Crippen LogP contribution < -0.4 is 10.7 Å². The van der Waals surface area contributed by atoms with Crippen LogP contribution in [0.15, 0.2) is 94.3 Å². The first-order valence-corrected chi connectivity index (χ1v) is 10.5. The van der Waals surface area contributed by atoms with Gasteiger partial charge in [-0.05, 0) is 35.4 Å². The number of aromatic nitrogens is 2. The SMILES string of the molecule is O=C(CCn1ncc(=O)c2ccccc21)N[C@@H](c1ccccc1)c1ccc(Br)cc1. The number of nitrogens with zero attached hydrogens (tertiary/aromatic N) is 2. The fraction of sp³-hybridized carbons (Fsp3) is 0.125. The first kappa shape index (κ1) is 20.0. The van der Waals surface area contributed by atoms with Crippen molar-refractivity contribution in [2.75, 3.05) is 0 Å². The van der Waals surface area contributed by atoms with Crippen molar-refractivity contribution in [2.24, 2.45) is 0 Å². The van der Waals surface area contributed by atoms with E-state index in [-0.39, 0.29) is 23.8 Å². The van der Waals surface area contributed by atoms with Crippen molar-refractivity contribution in [3.8, 4) is 0 Å². The molecule has 0 aliphatic rings. The minimum atomic E-state index is -0.245. The molecule has 1 atom stereocenters. The van der Waals surface area contributed by atoms with Crippen LogP contribution in [0.25, 0.3) is 10.9 Å². The number of hydrogen-bond acceptors (Lipinski definition) is 3. The van der Waals surface area contributed by atoms with Gasteiger partial charge in [-0.1, -0.05) is 70.5 Å². The number of benzene rings is 3. The molecule has 0 fully saturated rings. The summed E-state index contributed by atoms with van der Waals surface area (Å²) in [5.74, 6) is -0.0867.